The number of fused-ring (bicyclic) bond motifs is 1. The summed E-state index contributed by atoms with van der Waals surface area (Å²) in [6.07, 6.45) is -13.3. The van der Waals surface area contributed by atoms with Gasteiger partial charge in [0.2, 0.25) is 11.8 Å². The van der Waals surface area contributed by atoms with Gasteiger partial charge in [-0.05, 0) is 54.3 Å². The summed E-state index contributed by atoms with van der Waals surface area (Å²) in [6.45, 7) is -0.0105. The highest BCUT2D eigenvalue weighted by atomic mass is 32.2. The largest absolute Gasteiger partial charge is 0.460 e. The predicted octanol–water partition coefficient (Wildman–Crippen LogP) is 5.56. The van der Waals surface area contributed by atoms with Crippen molar-refractivity contribution in [3.8, 4) is 0 Å². The Bertz CT molecular complexity index is 1830. The first-order valence-electron chi connectivity index (χ1n) is 13.8. The monoisotopic (exact) mass is 687 g/mol. The van der Waals surface area contributed by atoms with E-state index in [1.54, 1.807) is 30.3 Å². The molecule has 0 amide bonds. The van der Waals surface area contributed by atoms with Gasteiger partial charge < -0.3 is 14.3 Å². The normalized spacial score (nSPS) is 15.7. The average molecular weight is 688 g/mol. The van der Waals surface area contributed by atoms with E-state index < -0.39 is 62.7 Å². The first kappa shape index (κ1) is 33.8. The van der Waals surface area contributed by atoms with Crippen LogP contribution >= 0.6 is 0 Å². The van der Waals surface area contributed by atoms with E-state index in [0.29, 0.717) is 12.1 Å². The fraction of sp³-hybridized carbons (Fsp3) is 0.300. The molecule has 3 aromatic carbocycles. The van der Waals surface area contributed by atoms with Gasteiger partial charge in [0.25, 0.3) is 15.6 Å². The van der Waals surface area contributed by atoms with Gasteiger partial charge in [-0.3, -0.25) is 9.10 Å². The van der Waals surface area contributed by atoms with Crippen molar-refractivity contribution in [2.45, 2.75) is 61.2 Å². The van der Waals surface area contributed by atoms with E-state index in [4.69, 9.17) is 9.15 Å². The molecule has 0 radical (unpaired) electrons. The molecule has 0 fully saturated rings. The number of carbonyl (C=O) groups is 1. The number of aromatic nitrogens is 2. The first-order valence-corrected chi connectivity index (χ1v) is 15.2. The van der Waals surface area contributed by atoms with E-state index in [9.17, 15) is 49.1 Å². The van der Waals surface area contributed by atoms with Crippen molar-refractivity contribution in [2.24, 2.45) is 0 Å². The van der Waals surface area contributed by atoms with Gasteiger partial charge in [0.05, 0.1) is 16.6 Å². The van der Waals surface area contributed by atoms with Crippen LogP contribution in [-0.4, -0.2) is 48.1 Å². The van der Waals surface area contributed by atoms with Crippen LogP contribution in [0.15, 0.2) is 82.1 Å². The molecule has 1 aliphatic rings. The van der Waals surface area contributed by atoms with Gasteiger partial charge in [-0.15, -0.1) is 10.2 Å². The molecule has 1 atom stereocenters. The fourth-order valence-electron chi connectivity index (χ4n) is 5.14. The van der Waals surface area contributed by atoms with Crippen LogP contribution in [0.4, 0.5) is 36.4 Å². The predicted molar refractivity (Wildman–Crippen MR) is 149 cm³/mol. The summed E-state index contributed by atoms with van der Waals surface area (Å²) in [4.78, 5) is 11.9. The number of aryl methyl sites for hydroxylation is 1. The number of sulfonamides is 1. The maximum absolute atomic E-state index is 13.9. The Balaban J connectivity index is 1.45. The van der Waals surface area contributed by atoms with Gasteiger partial charge in [0.15, 0.2) is 0 Å². The van der Waals surface area contributed by atoms with Crippen molar-refractivity contribution >= 4 is 21.7 Å². The minimum Gasteiger partial charge on any atom is -0.460 e. The molecule has 1 aliphatic heterocycles. The number of ether oxygens (including phenoxy) is 1. The molecule has 9 nitrogen and oxygen atoms in total. The number of aliphatic hydroxyl groups is 1. The van der Waals surface area contributed by atoms with Crippen LogP contribution in [0.2, 0.25) is 0 Å². The third-order valence-electron chi connectivity index (χ3n) is 7.46. The lowest BCUT2D eigenvalue weighted by Crippen LogP contribution is -2.54. The second-order valence-corrected chi connectivity index (χ2v) is 12.4. The summed E-state index contributed by atoms with van der Waals surface area (Å²) in [5.41, 5.74) is -6.54. The first-order chi connectivity index (χ1) is 22.0. The molecule has 0 spiro atoms. The van der Waals surface area contributed by atoms with E-state index in [2.05, 4.69) is 10.2 Å². The Morgan fingerprint density at radius 3 is 2.21 bits per heavy atom. The SMILES string of the molecule is O=C(Cc1nnc(C[C@@H]2CCc3cc(C(O)(C(F)(F)F)C(F)(F)F)ccc3N2S(=O)(=O)c2ccc(F)cc2)o1)OCc1ccccc1. The number of hydrogen-bond acceptors (Lipinski definition) is 8. The van der Waals surface area contributed by atoms with E-state index >= 15 is 0 Å². The van der Waals surface area contributed by atoms with Crippen LogP contribution < -0.4 is 4.31 Å². The van der Waals surface area contributed by atoms with Gasteiger partial charge >= 0.3 is 18.3 Å². The topological polar surface area (TPSA) is 123 Å². The van der Waals surface area contributed by atoms with Crippen LogP contribution in [0, 0.1) is 5.82 Å². The van der Waals surface area contributed by atoms with E-state index in [-0.39, 0.29) is 48.9 Å². The molecule has 4 aromatic rings. The quantitative estimate of drug-likeness (QED) is 0.179. The number of halogens is 7. The third kappa shape index (κ3) is 6.81. The van der Waals surface area contributed by atoms with Crippen molar-refractivity contribution < 1.29 is 58.2 Å². The molecule has 2 heterocycles. The molecule has 0 bridgehead atoms. The van der Waals surface area contributed by atoms with Gasteiger partial charge in [0, 0.05) is 12.0 Å². The molecule has 0 unspecified atom stereocenters. The molecule has 0 aliphatic carbocycles. The molecule has 0 saturated heterocycles. The molecule has 0 saturated carbocycles. The zero-order valence-corrected chi connectivity index (χ0v) is 24.7. The zero-order valence-electron chi connectivity index (χ0n) is 23.9. The van der Waals surface area contributed by atoms with Crippen LogP contribution in [0.3, 0.4) is 0 Å². The molecule has 47 heavy (non-hydrogen) atoms. The maximum Gasteiger partial charge on any atom is 0.430 e. The fourth-order valence-corrected chi connectivity index (χ4v) is 6.85. The second kappa shape index (κ2) is 12.6. The van der Waals surface area contributed by atoms with Crippen LogP contribution in [-0.2, 0) is 51.0 Å². The Hall–Kier alpha value is -4.51. The molecular weight excluding hydrogens is 663 g/mol. The summed E-state index contributed by atoms with van der Waals surface area (Å²) >= 11 is 0. The number of rotatable bonds is 9. The highest BCUT2D eigenvalue weighted by Gasteiger charge is 2.71. The standard InChI is InChI=1S/C30H24F7N3O6S/c31-21-8-11-23(12-9-21)47(43,44)40-22(15-25-38-39-26(46-25)16-27(41)45-17-18-4-2-1-3-5-18)10-6-19-14-20(7-13-24(19)40)28(42,29(32,33)34)30(35,36)37/h1-5,7-9,11-14,22,42H,6,10,15-17H2/t22-/m0/s1. The second-order valence-electron chi connectivity index (χ2n) is 10.6. The van der Waals surface area contributed by atoms with Crippen LogP contribution in [0.5, 0.6) is 0 Å². The zero-order chi connectivity index (χ0) is 34.2. The minimum absolute atomic E-state index is 0.0105. The minimum atomic E-state index is -6.15. The van der Waals surface area contributed by atoms with Crippen molar-refractivity contribution in [3.05, 3.63) is 107 Å². The highest BCUT2D eigenvalue weighted by molar-refractivity contribution is 7.92. The smallest absolute Gasteiger partial charge is 0.430 e. The Kier molecular flexibility index (Phi) is 9.07. The lowest BCUT2D eigenvalue weighted by Gasteiger charge is -2.39. The van der Waals surface area contributed by atoms with Gasteiger partial charge in [-0.1, -0.05) is 42.5 Å². The van der Waals surface area contributed by atoms with E-state index in [1.807, 2.05) is 0 Å². The molecular formula is C30H24F7N3O6S. The lowest BCUT2D eigenvalue weighted by atomic mass is 9.87. The number of hydrogen-bond donors (Lipinski definition) is 1. The van der Waals surface area contributed by atoms with Crippen molar-refractivity contribution in [2.75, 3.05) is 4.31 Å². The van der Waals surface area contributed by atoms with Gasteiger partial charge in [0.1, 0.15) is 18.8 Å². The van der Waals surface area contributed by atoms with Gasteiger partial charge in [-0.25, -0.2) is 12.8 Å². The van der Waals surface area contributed by atoms with E-state index in [1.165, 1.54) is 0 Å². The summed E-state index contributed by atoms with van der Waals surface area (Å²) in [5.74, 6) is -1.72. The molecule has 1 aromatic heterocycles. The van der Waals surface area contributed by atoms with Gasteiger partial charge in [-0.2, -0.15) is 26.3 Å². The van der Waals surface area contributed by atoms with Crippen molar-refractivity contribution in [1.82, 2.24) is 10.2 Å². The number of benzene rings is 3. The summed E-state index contributed by atoms with van der Waals surface area (Å²) < 4.78 is 134. The number of carbonyl (C=O) groups excluding carboxylic acids is 1. The summed E-state index contributed by atoms with van der Waals surface area (Å²) in [6, 6.07) is 12.9. The third-order valence-corrected chi connectivity index (χ3v) is 9.34. The number of nitrogens with zero attached hydrogens (tertiary/aromatic N) is 3. The Morgan fingerprint density at radius 1 is 0.936 bits per heavy atom. The Labute approximate surface area is 262 Å². The van der Waals surface area contributed by atoms with Crippen LogP contribution in [0.1, 0.15) is 34.9 Å². The summed E-state index contributed by atoms with van der Waals surface area (Å²) in [7, 11) is -4.62. The average Bonchev–Trinajstić information content (AvgIpc) is 3.45. The molecule has 5 rings (SSSR count). The maximum atomic E-state index is 13.9. The van der Waals surface area contributed by atoms with Crippen molar-refractivity contribution in [3.63, 3.8) is 0 Å². The number of anilines is 1. The van der Waals surface area contributed by atoms with Crippen LogP contribution in [0.25, 0.3) is 0 Å². The molecule has 17 heteroatoms. The number of esters is 1. The lowest BCUT2D eigenvalue weighted by molar-refractivity contribution is -0.376. The van der Waals surface area contributed by atoms with E-state index in [0.717, 1.165) is 40.2 Å². The molecule has 250 valence electrons. The van der Waals surface area contributed by atoms with Crippen molar-refractivity contribution in [1.29, 1.82) is 0 Å². The highest BCUT2D eigenvalue weighted by Crippen LogP contribution is 2.51. The number of alkyl halides is 6. The Morgan fingerprint density at radius 2 is 1.57 bits per heavy atom. The molecule has 1 N–H and O–H groups in total. The summed E-state index contributed by atoms with van der Waals surface area (Å²) in [5, 5.41) is 17.6.